The summed E-state index contributed by atoms with van der Waals surface area (Å²) >= 11 is 0. The highest BCUT2D eigenvalue weighted by Crippen LogP contribution is 2.39. The topological polar surface area (TPSA) is 91.0 Å². The number of rotatable bonds is 9. The molecular weight excluding hydrogens is 524 g/mol. The lowest BCUT2D eigenvalue weighted by atomic mass is 9.68. The predicted octanol–water partition coefficient (Wildman–Crippen LogP) is 3.96. The van der Waals surface area contributed by atoms with Gasteiger partial charge in [0, 0.05) is 49.9 Å². The molecule has 1 saturated carbocycles. The summed E-state index contributed by atoms with van der Waals surface area (Å²) in [4.78, 5) is 15.3. The number of piperazine rings is 1. The Morgan fingerprint density at radius 3 is 2.12 bits per heavy atom. The Labute approximate surface area is 237 Å². The molecule has 0 atom stereocenters. The molecule has 2 N–H and O–H groups in total. The number of amides is 1. The van der Waals surface area contributed by atoms with Crippen LogP contribution in [0.15, 0.2) is 84.9 Å². The van der Waals surface area contributed by atoms with E-state index in [-0.39, 0.29) is 17.4 Å². The number of para-hydroxylation sites is 2. The highest BCUT2D eigenvalue weighted by molar-refractivity contribution is 7.87. The van der Waals surface area contributed by atoms with Crippen LogP contribution in [-0.4, -0.2) is 64.5 Å². The van der Waals surface area contributed by atoms with Gasteiger partial charge in [-0.25, -0.2) is 0 Å². The first-order valence-corrected chi connectivity index (χ1v) is 15.4. The smallest absolute Gasteiger partial charge is 0.279 e. The van der Waals surface area contributed by atoms with Crippen molar-refractivity contribution in [3.8, 4) is 5.75 Å². The van der Waals surface area contributed by atoms with Gasteiger partial charge in [0.1, 0.15) is 5.75 Å². The molecule has 0 aromatic heterocycles. The molecule has 0 spiro atoms. The molecule has 8 nitrogen and oxygen atoms in total. The molecule has 1 aliphatic carbocycles. The van der Waals surface area contributed by atoms with Crippen LogP contribution in [0.3, 0.4) is 0 Å². The minimum absolute atomic E-state index is 0.140. The fourth-order valence-electron chi connectivity index (χ4n) is 5.94. The second-order valence-electron chi connectivity index (χ2n) is 10.6. The number of benzene rings is 3. The quantitative estimate of drug-likeness (QED) is 0.412. The number of nitrogens with one attached hydrogen (secondary N) is 2. The van der Waals surface area contributed by atoms with Crippen LogP contribution in [0.1, 0.15) is 41.6 Å². The average molecular weight is 563 g/mol. The van der Waals surface area contributed by atoms with E-state index in [1.807, 2.05) is 48.5 Å². The Hall–Kier alpha value is -3.40. The number of hydrogen-bond donors (Lipinski definition) is 2. The Morgan fingerprint density at radius 1 is 0.875 bits per heavy atom. The SMILES string of the molecule is COc1ccccc1C(=O)NCC1(c2ccccc2)CCC(NS(=O)(=O)N2CCN(c3ccccc3)CC2)CC1. The van der Waals surface area contributed by atoms with E-state index in [9.17, 15) is 13.2 Å². The van der Waals surface area contributed by atoms with Crippen molar-refractivity contribution >= 4 is 21.8 Å². The normalized spacial score (nSPS) is 22.0. The molecular formula is C31H38N4O4S. The molecule has 40 heavy (non-hydrogen) atoms. The van der Waals surface area contributed by atoms with E-state index in [1.54, 1.807) is 23.5 Å². The second kappa shape index (κ2) is 12.4. The van der Waals surface area contributed by atoms with Gasteiger partial charge in [0.05, 0.1) is 12.7 Å². The largest absolute Gasteiger partial charge is 0.496 e. The van der Waals surface area contributed by atoms with Crippen LogP contribution in [0.4, 0.5) is 5.69 Å². The monoisotopic (exact) mass is 562 g/mol. The second-order valence-corrected chi connectivity index (χ2v) is 12.4. The lowest BCUT2D eigenvalue weighted by Gasteiger charge is -2.42. The number of carbonyl (C=O) groups excluding carboxylic acids is 1. The molecule has 1 aliphatic heterocycles. The van der Waals surface area contributed by atoms with Crippen LogP contribution >= 0.6 is 0 Å². The highest BCUT2D eigenvalue weighted by atomic mass is 32.2. The molecule has 2 aliphatic rings. The molecule has 1 saturated heterocycles. The summed E-state index contributed by atoms with van der Waals surface area (Å²) in [5.74, 6) is 0.363. The molecule has 2 fully saturated rings. The Morgan fingerprint density at radius 2 is 1.48 bits per heavy atom. The molecule has 0 bridgehead atoms. The van der Waals surface area contributed by atoms with Gasteiger partial charge in [-0.05, 0) is 55.5 Å². The van der Waals surface area contributed by atoms with Crippen molar-refractivity contribution in [1.29, 1.82) is 0 Å². The molecule has 212 valence electrons. The minimum atomic E-state index is -3.59. The molecule has 5 rings (SSSR count). The van der Waals surface area contributed by atoms with Crippen LogP contribution in [0.25, 0.3) is 0 Å². The summed E-state index contributed by atoms with van der Waals surface area (Å²) in [6.07, 6.45) is 2.92. The minimum Gasteiger partial charge on any atom is -0.496 e. The maximum absolute atomic E-state index is 13.3. The van der Waals surface area contributed by atoms with E-state index in [4.69, 9.17) is 4.74 Å². The van der Waals surface area contributed by atoms with Crippen LogP contribution in [-0.2, 0) is 15.6 Å². The van der Waals surface area contributed by atoms with Gasteiger partial charge in [0.2, 0.25) is 0 Å². The molecule has 1 heterocycles. The fourth-order valence-corrected chi connectivity index (χ4v) is 7.39. The van der Waals surface area contributed by atoms with E-state index in [0.717, 1.165) is 24.1 Å². The molecule has 1 amide bonds. The van der Waals surface area contributed by atoms with Crippen LogP contribution in [0.2, 0.25) is 0 Å². The molecule has 3 aromatic rings. The predicted molar refractivity (Wildman–Crippen MR) is 158 cm³/mol. The number of nitrogens with zero attached hydrogens (tertiary/aromatic N) is 2. The maximum Gasteiger partial charge on any atom is 0.279 e. The molecule has 3 aromatic carbocycles. The number of hydrogen-bond acceptors (Lipinski definition) is 5. The van der Waals surface area contributed by atoms with E-state index in [0.29, 0.717) is 56.9 Å². The summed E-state index contributed by atoms with van der Waals surface area (Å²) < 4.78 is 36.5. The zero-order valence-corrected chi connectivity index (χ0v) is 23.8. The summed E-state index contributed by atoms with van der Waals surface area (Å²) in [5.41, 5.74) is 2.51. The van der Waals surface area contributed by atoms with Crippen LogP contribution < -0.4 is 19.7 Å². The molecule has 0 unspecified atom stereocenters. The fraction of sp³-hybridized carbons (Fsp3) is 0.387. The van der Waals surface area contributed by atoms with Gasteiger partial charge in [-0.15, -0.1) is 0 Å². The Balaban J connectivity index is 1.21. The zero-order valence-electron chi connectivity index (χ0n) is 23.0. The van der Waals surface area contributed by atoms with Gasteiger partial charge in [-0.3, -0.25) is 4.79 Å². The third-order valence-corrected chi connectivity index (χ3v) is 9.96. The van der Waals surface area contributed by atoms with Crippen molar-refractivity contribution < 1.29 is 17.9 Å². The van der Waals surface area contributed by atoms with Crippen LogP contribution in [0.5, 0.6) is 5.75 Å². The first kappa shape index (κ1) is 28.1. The van der Waals surface area contributed by atoms with Gasteiger partial charge >= 0.3 is 0 Å². The number of methoxy groups -OCH3 is 1. The van der Waals surface area contributed by atoms with Crippen molar-refractivity contribution in [2.24, 2.45) is 0 Å². The summed E-state index contributed by atoms with van der Waals surface area (Å²) in [7, 11) is -2.03. The lowest BCUT2D eigenvalue weighted by Crippen LogP contribution is -2.55. The summed E-state index contributed by atoms with van der Waals surface area (Å²) in [6.45, 7) is 2.71. The number of ether oxygens (including phenoxy) is 1. The Kier molecular flexibility index (Phi) is 8.73. The van der Waals surface area contributed by atoms with Gasteiger partial charge in [-0.2, -0.15) is 17.4 Å². The first-order chi connectivity index (χ1) is 19.4. The zero-order chi connectivity index (χ0) is 28.0. The van der Waals surface area contributed by atoms with Crippen molar-refractivity contribution in [2.45, 2.75) is 37.1 Å². The van der Waals surface area contributed by atoms with E-state index >= 15 is 0 Å². The molecule has 0 radical (unpaired) electrons. The third kappa shape index (κ3) is 6.32. The van der Waals surface area contributed by atoms with Gasteiger partial charge < -0.3 is 15.0 Å². The summed E-state index contributed by atoms with van der Waals surface area (Å²) in [6, 6.07) is 27.4. The maximum atomic E-state index is 13.3. The average Bonchev–Trinajstić information content (AvgIpc) is 3.01. The van der Waals surface area contributed by atoms with Crippen molar-refractivity contribution in [2.75, 3.05) is 44.7 Å². The standard InChI is InChI=1S/C31H38N4O4S/c1-39-29-15-9-8-14-28(29)30(36)32-24-31(25-10-4-2-5-11-25)18-16-26(17-19-31)33-40(37,38)35-22-20-34(21-23-35)27-12-6-3-7-13-27/h2-15,26,33H,16-24H2,1H3,(H,32,36). The van der Waals surface area contributed by atoms with Gasteiger partial charge in [0.25, 0.3) is 16.1 Å². The number of anilines is 1. The lowest BCUT2D eigenvalue weighted by molar-refractivity contribution is 0.0932. The molecule has 9 heteroatoms. The van der Waals surface area contributed by atoms with Crippen molar-refractivity contribution in [3.05, 3.63) is 96.1 Å². The van der Waals surface area contributed by atoms with Crippen molar-refractivity contribution in [1.82, 2.24) is 14.3 Å². The van der Waals surface area contributed by atoms with Crippen LogP contribution in [0, 0.1) is 0 Å². The first-order valence-electron chi connectivity index (χ1n) is 13.9. The Bertz CT molecular complexity index is 1370. The van der Waals surface area contributed by atoms with E-state index in [1.165, 1.54) is 0 Å². The van der Waals surface area contributed by atoms with Gasteiger partial charge in [-0.1, -0.05) is 60.7 Å². The highest BCUT2D eigenvalue weighted by Gasteiger charge is 2.39. The van der Waals surface area contributed by atoms with Crippen molar-refractivity contribution in [3.63, 3.8) is 0 Å². The van der Waals surface area contributed by atoms with E-state index in [2.05, 4.69) is 39.2 Å². The van der Waals surface area contributed by atoms with Gasteiger partial charge in [0.15, 0.2) is 0 Å². The third-order valence-electron chi connectivity index (χ3n) is 8.28. The summed E-state index contributed by atoms with van der Waals surface area (Å²) in [5, 5.41) is 3.14. The number of carbonyl (C=O) groups is 1. The van der Waals surface area contributed by atoms with E-state index < -0.39 is 10.2 Å².